The van der Waals surface area contributed by atoms with Crippen LogP contribution in [0, 0.1) is 0 Å². The molecule has 0 aliphatic heterocycles. The van der Waals surface area contributed by atoms with E-state index < -0.39 is 5.97 Å². The predicted octanol–water partition coefficient (Wildman–Crippen LogP) is 6.14. The van der Waals surface area contributed by atoms with Crippen LogP contribution in [0.4, 0.5) is 0 Å². The van der Waals surface area contributed by atoms with Gasteiger partial charge in [0.15, 0.2) is 0 Å². The molecule has 3 rings (SSSR count). The number of aromatic carboxylic acids is 1. The Morgan fingerprint density at radius 3 is 2.61 bits per heavy atom. The topological polar surface area (TPSA) is 46.5 Å². The second-order valence-electron chi connectivity index (χ2n) is 4.73. The normalized spacial score (nSPS) is 10.9. The highest BCUT2D eigenvalue weighted by Gasteiger charge is 2.16. The van der Waals surface area contributed by atoms with Gasteiger partial charge in [-0.05, 0) is 30.3 Å². The zero-order chi connectivity index (χ0) is 16.6. The molecule has 0 spiro atoms. The predicted molar refractivity (Wildman–Crippen MR) is 94.6 cm³/mol. The lowest BCUT2D eigenvalue weighted by Crippen LogP contribution is -1.96. The van der Waals surface area contributed by atoms with Gasteiger partial charge in [-0.3, -0.25) is 0 Å². The Hall–Kier alpha value is -1.46. The monoisotopic (exact) mass is 386 g/mol. The summed E-state index contributed by atoms with van der Waals surface area (Å²) < 4.78 is 6.48. The number of carboxylic acids is 1. The van der Waals surface area contributed by atoms with E-state index in [2.05, 4.69) is 0 Å². The van der Waals surface area contributed by atoms with Crippen LogP contribution in [0.5, 0.6) is 5.75 Å². The molecule has 23 heavy (non-hydrogen) atoms. The molecule has 0 bridgehead atoms. The lowest BCUT2D eigenvalue weighted by atomic mass is 10.2. The van der Waals surface area contributed by atoms with Crippen molar-refractivity contribution in [3.05, 3.63) is 61.9 Å². The lowest BCUT2D eigenvalue weighted by Gasteiger charge is -2.08. The highest BCUT2D eigenvalue weighted by Crippen LogP contribution is 2.37. The minimum Gasteiger partial charge on any atom is -0.489 e. The van der Waals surface area contributed by atoms with Gasteiger partial charge in [-0.1, -0.05) is 40.9 Å². The molecule has 0 atom stereocenters. The number of hydrogen-bond donors (Lipinski definition) is 1. The molecule has 2 aromatic carbocycles. The van der Waals surface area contributed by atoms with Crippen LogP contribution in [0.15, 0.2) is 36.4 Å². The fourth-order valence-electron chi connectivity index (χ4n) is 2.07. The maximum absolute atomic E-state index is 11.1. The Kier molecular flexibility index (Phi) is 4.69. The first-order valence-electron chi connectivity index (χ1n) is 6.48. The summed E-state index contributed by atoms with van der Waals surface area (Å²) in [6, 6.07) is 10.5. The van der Waals surface area contributed by atoms with Crippen LogP contribution in [0.25, 0.3) is 10.1 Å². The van der Waals surface area contributed by atoms with Crippen molar-refractivity contribution in [2.24, 2.45) is 0 Å². The minimum atomic E-state index is -1.04. The summed E-state index contributed by atoms with van der Waals surface area (Å²) in [6.45, 7) is 0.284. The minimum absolute atomic E-state index is 0.125. The lowest BCUT2D eigenvalue weighted by molar-refractivity contribution is 0.0702. The van der Waals surface area contributed by atoms with Gasteiger partial charge >= 0.3 is 5.97 Å². The summed E-state index contributed by atoms with van der Waals surface area (Å²) in [5, 5.41) is 11.2. The highest BCUT2D eigenvalue weighted by molar-refractivity contribution is 7.21. The van der Waals surface area contributed by atoms with Crippen molar-refractivity contribution in [3.8, 4) is 5.75 Å². The third kappa shape index (κ3) is 3.40. The van der Waals surface area contributed by atoms with Gasteiger partial charge in [0, 0.05) is 25.7 Å². The number of thiophene rings is 1. The summed E-state index contributed by atoms with van der Waals surface area (Å²) in [6.07, 6.45) is 0. The van der Waals surface area contributed by atoms with Crippen molar-refractivity contribution in [3.63, 3.8) is 0 Å². The average Bonchev–Trinajstić information content (AvgIpc) is 2.83. The quantitative estimate of drug-likeness (QED) is 0.585. The largest absolute Gasteiger partial charge is 0.489 e. The molecule has 1 N–H and O–H groups in total. The summed E-state index contributed by atoms with van der Waals surface area (Å²) in [5.41, 5.74) is 0.812. The van der Waals surface area contributed by atoms with Crippen molar-refractivity contribution in [1.82, 2.24) is 0 Å². The summed E-state index contributed by atoms with van der Waals surface area (Å²) in [5.74, 6) is -0.426. The molecule has 0 saturated heterocycles. The first kappa shape index (κ1) is 16.4. The van der Waals surface area contributed by atoms with Gasteiger partial charge in [-0.2, -0.15) is 0 Å². The van der Waals surface area contributed by atoms with E-state index >= 15 is 0 Å². The van der Waals surface area contributed by atoms with E-state index in [-0.39, 0.29) is 16.5 Å². The van der Waals surface area contributed by atoms with E-state index in [1.54, 1.807) is 36.4 Å². The molecule has 0 saturated carbocycles. The van der Waals surface area contributed by atoms with Crippen molar-refractivity contribution in [1.29, 1.82) is 0 Å². The molecule has 0 aliphatic rings. The number of hydrogen-bond acceptors (Lipinski definition) is 3. The number of rotatable bonds is 4. The first-order valence-corrected chi connectivity index (χ1v) is 8.43. The number of halogens is 3. The van der Waals surface area contributed by atoms with Gasteiger partial charge in [0.1, 0.15) is 17.2 Å². The van der Waals surface area contributed by atoms with E-state index in [0.29, 0.717) is 21.2 Å². The molecule has 1 heterocycles. The SMILES string of the molecule is O=C(O)c1sc2cc(OCc3ccc(Cl)cc3Cl)ccc2c1Cl. The van der Waals surface area contributed by atoms with Gasteiger partial charge < -0.3 is 9.84 Å². The number of carbonyl (C=O) groups is 1. The van der Waals surface area contributed by atoms with Crippen LogP contribution in [0.1, 0.15) is 15.2 Å². The van der Waals surface area contributed by atoms with Crippen LogP contribution in [-0.2, 0) is 6.61 Å². The van der Waals surface area contributed by atoms with Crippen LogP contribution < -0.4 is 4.74 Å². The van der Waals surface area contributed by atoms with Crippen molar-refractivity contribution in [2.75, 3.05) is 0 Å². The number of benzene rings is 2. The van der Waals surface area contributed by atoms with Gasteiger partial charge in [-0.15, -0.1) is 11.3 Å². The molecule has 0 unspecified atom stereocenters. The maximum atomic E-state index is 11.1. The Balaban J connectivity index is 1.85. The fourth-order valence-corrected chi connectivity index (χ4v) is 3.92. The van der Waals surface area contributed by atoms with Gasteiger partial charge in [0.25, 0.3) is 0 Å². The smallest absolute Gasteiger partial charge is 0.347 e. The molecule has 7 heteroatoms. The molecular formula is C16H9Cl3O3S. The Morgan fingerprint density at radius 1 is 1.13 bits per heavy atom. The molecule has 3 aromatic rings. The zero-order valence-corrected chi connectivity index (χ0v) is 14.6. The number of fused-ring (bicyclic) bond motifs is 1. The second-order valence-corrected chi connectivity index (χ2v) is 7.01. The fraction of sp³-hybridized carbons (Fsp3) is 0.0625. The van der Waals surface area contributed by atoms with Crippen LogP contribution in [0.2, 0.25) is 15.1 Å². The van der Waals surface area contributed by atoms with E-state index in [4.69, 9.17) is 44.6 Å². The molecule has 0 aliphatic carbocycles. The van der Waals surface area contributed by atoms with Crippen molar-refractivity contribution in [2.45, 2.75) is 6.61 Å². The van der Waals surface area contributed by atoms with Crippen LogP contribution in [0.3, 0.4) is 0 Å². The Bertz CT molecular complexity index is 905. The number of ether oxygens (including phenoxy) is 1. The molecule has 118 valence electrons. The number of carboxylic acid groups (broad SMARTS) is 1. The van der Waals surface area contributed by atoms with E-state index in [1.807, 2.05) is 0 Å². The van der Waals surface area contributed by atoms with Gasteiger partial charge in [0.2, 0.25) is 0 Å². The maximum Gasteiger partial charge on any atom is 0.347 e. The highest BCUT2D eigenvalue weighted by atomic mass is 35.5. The zero-order valence-electron chi connectivity index (χ0n) is 11.5. The van der Waals surface area contributed by atoms with Crippen LogP contribution in [-0.4, -0.2) is 11.1 Å². The van der Waals surface area contributed by atoms with Crippen molar-refractivity contribution >= 4 is 62.2 Å². The van der Waals surface area contributed by atoms with Gasteiger partial charge in [-0.25, -0.2) is 4.79 Å². The summed E-state index contributed by atoms with van der Waals surface area (Å²) in [7, 11) is 0. The Labute approximate surface area is 151 Å². The standard InChI is InChI=1S/C16H9Cl3O3S/c17-9-2-1-8(12(18)5-9)7-22-10-3-4-11-13(6-10)23-15(14(11)19)16(20)21/h1-6H,7H2,(H,20,21). The molecule has 0 amide bonds. The molecule has 3 nitrogen and oxygen atoms in total. The third-order valence-corrected chi connectivity index (χ3v) is 5.44. The van der Waals surface area contributed by atoms with Gasteiger partial charge in [0.05, 0.1) is 5.02 Å². The Morgan fingerprint density at radius 2 is 1.91 bits per heavy atom. The molecular weight excluding hydrogens is 379 g/mol. The van der Waals surface area contributed by atoms with E-state index in [1.165, 1.54) is 0 Å². The third-order valence-electron chi connectivity index (χ3n) is 3.20. The second kappa shape index (κ2) is 6.57. The summed E-state index contributed by atoms with van der Waals surface area (Å²) >= 11 is 19.2. The first-order chi connectivity index (χ1) is 11.0. The van der Waals surface area contributed by atoms with E-state index in [9.17, 15) is 4.79 Å². The molecule has 1 aromatic heterocycles. The van der Waals surface area contributed by atoms with E-state index in [0.717, 1.165) is 21.6 Å². The average molecular weight is 388 g/mol. The molecule has 0 fully saturated rings. The van der Waals surface area contributed by atoms with Crippen molar-refractivity contribution < 1.29 is 14.6 Å². The van der Waals surface area contributed by atoms with Crippen LogP contribution >= 0.6 is 46.1 Å². The summed E-state index contributed by atoms with van der Waals surface area (Å²) in [4.78, 5) is 11.2. The molecule has 0 radical (unpaired) electrons.